The molecule has 4 rings (SSSR count). The van der Waals surface area contributed by atoms with Crippen molar-refractivity contribution < 1.29 is 17.9 Å². The Balaban J connectivity index is 1.54. The molecule has 0 spiro atoms. The summed E-state index contributed by atoms with van der Waals surface area (Å²) in [4.78, 5) is 12.1. The third kappa shape index (κ3) is 7.24. The van der Waals surface area contributed by atoms with E-state index in [0.717, 1.165) is 28.7 Å². The van der Waals surface area contributed by atoms with E-state index in [-0.39, 0.29) is 17.4 Å². The number of esters is 1. The standard InChI is InChI=1S/C33H36N2O4S/c1-26-17-19-31(20-18-26)40(37,38)35-25-33(29-13-5-3-6-14-29,30-15-7-4-8-16-30)21-10-22-34-24-27-11-9-12-28(23-27)32(36)39-2/h3-9,11-20,23,34-35H,10,21-22,24-25H2,1-2H3. The van der Waals surface area contributed by atoms with Gasteiger partial charge < -0.3 is 10.1 Å². The van der Waals surface area contributed by atoms with Crippen LogP contribution in [0, 0.1) is 6.92 Å². The maximum absolute atomic E-state index is 13.3. The van der Waals surface area contributed by atoms with E-state index >= 15 is 0 Å². The van der Waals surface area contributed by atoms with E-state index in [4.69, 9.17) is 4.74 Å². The van der Waals surface area contributed by atoms with Crippen LogP contribution in [0.25, 0.3) is 0 Å². The largest absolute Gasteiger partial charge is 0.465 e. The van der Waals surface area contributed by atoms with E-state index in [1.54, 1.807) is 18.2 Å². The second kappa shape index (κ2) is 13.5. The maximum Gasteiger partial charge on any atom is 0.337 e. The third-order valence-corrected chi connectivity index (χ3v) is 8.60. The fourth-order valence-electron chi connectivity index (χ4n) is 4.96. The molecule has 0 saturated heterocycles. The first-order valence-electron chi connectivity index (χ1n) is 13.4. The van der Waals surface area contributed by atoms with E-state index in [1.165, 1.54) is 7.11 Å². The van der Waals surface area contributed by atoms with Gasteiger partial charge >= 0.3 is 5.97 Å². The first-order valence-corrected chi connectivity index (χ1v) is 14.9. The summed E-state index contributed by atoms with van der Waals surface area (Å²) < 4.78 is 34.4. The Labute approximate surface area is 237 Å². The van der Waals surface area contributed by atoms with Crippen LogP contribution in [0.2, 0.25) is 0 Å². The van der Waals surface area contributed by atoms with Crippen molar-refractivity contribution in [2.24, 2.45) is 0 Å². The highest BCUT2D eigenvalue weighted by Crippen LogP contribution is 2.37. The molecule has 0 fully saturated rings. The Morgan fingerprint density at radius 1 is 0.825 bits per heavy atom. The molecule has 2 N–H and O–H groups in total. The van der Waals surface area contributed by atoms with Crippen LogP contribution >= 0.6 is 0 Å². The fourth-order valence-corrected chi connectivity index (χ4v) is 6.05. The summed E-state index contributed by atoms with van der Waals surface area (Å²) in [5.41, 5.74) is 4.05. The van der Waals surface area contributed by atoms with Gasteiger partial charge in [0, 0.05) is 18.5 Å². The number of benzene rings is 4. The predicted molar refractivity (Wildman–Crippen MR) is 159 cm³/mol. The maximum atomic E-state index is 13.3. The minimum atomic E-state index is -3.71. The van der Waals surface area contributed by atoms with Crippen molar-refractivity contribution in [3.05, 3.63) is 137 Å². The lowest BCUT2D eigenvalue weighted by Gasteiger charge is -2.36. The van der Waals surface area contributed by atoms with Crippen LogP contribution in [-0.2, 0) is 26.7 Å². The molecule has 0 aromatic heterocycles. The normalized spacial score (nSPS) is 11.8. The third-order valence-electron chi connectivity index (χ3n) is 7.18. The number of carbonyl (C=O) groups excluding carboxylic acids is 1. The molecule has 4 aromatic carbocycles. The van der Waals surface area contributed by atoms with Crippen LogP contribution < -0.4 is 10.0 Å². The minimum absolute atomic E-state index is 0.221. The topological polar surface area (TPSA) is 84.5 Å². The van der Waals surface area contributed by atoms with Crippen LogP contribution in [0.1, 0.15) is 45.5 Å². The molecule has 0 heterocycles. The van der Waals surface area contributed by atoms with Crippen molar-refractivity contribution in [2.45, 2.75) is 36.6 Å². The summed E-state index contributed by atoms with van der Waals surface area (Å²) in [5.74, 6) is -0.356. The molecule has 6 nitrogen and oxygen atoms in total. The zero-order chi connectivity index (χ0) is 28.4. The molecule has 0 radical (unpaired) electrons. The van der Waals surface area contributed by atoms with Crippen LogP contribution in [0.3, 0.4) is 0 Å². The van der Waals surface area contributed by atoms with Gasteiger partial charge in [-0.3, -0.25) is 0 Å². The average molecular weight is 557 g/mol. The number of nitrogens with one attached hydrogen (secondary N) is 2. The van der Waals surface area contributed by atoms with Crippen molar-refractivity contribution in [2.75, 3.05) is 20.2 Å². The van der Waals surface area contributed by atoms with E-state index in [9.17, 15) is 13.2 Å². The summed E-state index contributed by atoms with van der Waals surface area (Å²) >= 11 is 0. The molecule has 0 bridgehead atoms. The Morgan fingerprint density at radius 2 is 1.45 bits per heavy atom. The highest BCUT2D eigenvalue weighted by molar-refractivity contribution is 7.89. The van der Waals surface area contributed by atoms with E-state index in [2.05, 4.69) is 34.3 Å². The highest BCUT2D eigenvalue weighted by atomic mass is 32.2. The van der Waals surface area contributed by atoms with Gasteiger partial charge in [0.1, 0.15) is 0 Å². The number of sulfonamides is 1. The molecule has 4 aromatic rings. The van der Waals surface area contributed by atoms with Gasteiger partial charge in [0.05, 0.1) is 17.6 Å². The van der Waals surface area contributed by atoms with E-state index < -0.39 is 15.4 Å². The van der Waals surface area contributed by atoms with Crippen molar-refractivity contribution >= 4 is 16.0 Å². The quantitative estimate of drug-likeness (QED) is 0.165. The molecule has 0 amide bonds. The molecular weight excluding hydrogens is 520 g/mol. The van der Waals surface area contributed by atoms with Crippen molar-refractivity contribution in [1.82, 2.24) is 10.0 Å². The van der Waals surface area contributed by atoms with Crippen LogP contribution in [0.4, 0.5) is 0 Å². The molecule has 208 valence electrons. The Hall–Kier alpha value is -3.78. The van der Waals surface area contributed by atoms with Crippen molar-refractivity contribution in [1.29, 1.82) is 0 Å². The van der Waals surface area contributed by atoms with Crippen LogP contribution in [0.5, 0.6) is 0 Å². The summed E-state index contributed by atoms with van der Waals surface area (Å²) in [6.07, 6.45) is 1.51. The zero-order valence-corrected chi connectivity index (χ0v) is 23.8. The van der Waals surface area contributed by atoms with Gasteiger partial charge in [-0.25, -0.2) is 17.9 Å². The minimum Gasteiger partial charge on any atom is -0.465 e. The second-order valence-corrected chi connectivity index (χ2v) is 11.7. The summed E-state index contributed by atoms with van der Waals surface area (Å²) in [6.45, 7) is 3.48. The number of hydrogen-bond acceptors (Lipinski definition) is 5. The summed E-state index contributed by atoms with van der Waals surface area (Å²) in [6, 6.07) is 34.5. The predicted octanol–water partition coefficient (Wildman–Crippen LogP) is 5.62. The van der Waals surface area contributed by atoms with Crippen LogP contribution in [-0.4, -0.2) is 34.6 Å². The van der Waals surface area contributed by atoms with Gasteiger partial charge in [0.25, 0.3) is 0 Å². The molecule has 0 aliphatic carbocycles. The van der Waals surface area contributed by atoms with Gasteiger partial charge in [0.15, 0.2) is 0 Å². The number of methoxy groups -OCH3 is 1. The van der Waals surface area contributed by atoms with Crippen LogP contribution in [0.15, 0.2) is 114 Å². The lowest BCUT2D eigenvalue weighted by Crippen LogP contribution is -2.42. The fraction of sp³-hybridized carbons (Fsp3) is 0.242. The molecule has 0 saturated carbocycles. The average Bonchev–Trinajstić information content (AvgIpc) is 2.99. The molecule has 7 heteroatoms. The number of carbonyl (C=O) groups is 1. The van der Waals surface area contributed by atoms with Gasteiger partial charge in [0.2, 0.25) is 10.0 Å². The molecule has 40 heavy (non-hydrogen) atoms. The molecular formula is C33H36N2O4S. The number of rotatable bonds is 13. The number of aryl methyl sites for hydroxylation is 1. The second-order valence-electron chi connectivity index (χ2n) is 9.92. The van der Waals surface area contributed by atoms with Crippen molar-refractivity contribution in [3.63, 3.8) is 0 Å². The van der Waals surface area contributed by atoms with Gasteiger partial charge in [-0.15, -0.1) is 0 Å². The summed E-state index contributed by atoms with van der Waals surface area (Å²) in [5, 5.41) is 3.47. The zero-order valence-electron chi connectivity index (χ0n) is 23.0. The number of ether oxygens (including phenoxy) is 1. The van der Waals surface area contributed by atoms with Gasteiger partial charge in [-0.2, -0.15) is 0 Å². The Morgan fingerprint density at radius 3 is 2.05 bits per heavy atom. The first kappa shape index (κ1) is 29.2. The van der Waals surface area contributed by atoms with Crippen molar-refractivity contribution in [3.8, 4) is 0 Å². The number of hydrogen-bond donors (Lipinski definition) is 2. The lowest BCUT2D eigenvalue weighted by molar-refractivity contribution is 0.0600. The monoisotopic (exact) mass is 556 g/mol. The lowest BCUT2D eigenvalue weighted by atomic mass is 9.71. The van der Waals surface area contributed by atoms with E-state index in [1.807, 2.05) is 73.7 Å². The summed E-state index contributed by atoms with van der Waals surface area (Å²) in [7, 11) is -2.34. The molecule has 0 aliphatic heterocycles. The van der Waals surface area contributed by atoms with Gasteiger partial charge in [-0.1, -0.05) is 90.5 Å². The molecule has 0 atom stereocenters. The smallest absolute Gasteiger partial charge is 0.337 e. The van der Waals surface area contributed by atoms with E-state index in [0.29, 0.717) is 25.1 Å². The Bertz CT molecular complexity index is 1450. The SMILES string of the molecule is COC(=O)c1cccc(CNCCCC(CNS(=O)(=O)c2ccc(C)cc2)(c2ccccc2)c2ccccc2)c1. The first-order chi connectivity index (χ1) is 19.3. The Kier molecular flexibility index (Phi) is 9.88. The highest BCUT2D eigenvalue weighted by Gasteiger charge is 2.35. The molecule has 0 unspecified atom stereocenters. The van der Waals surface area contributed by atoms with Gasteiger partial charge in [-0.05, 0) is 67.3 Å². The molecule has 0 aliphatic rings.